The minimum atomic E-state index is -5.33. The Morgan fingerprint density at radius 3 is 0.500 bits per heavy atom. The summed E-state index contributed by atoms with van der Waals surface area (Å²) in [7, 11) is 30.3. The normalized spacial score (nSPS) is 16.2. The average molecular weight is 522 g/mol. The third-order valence-corrected chi connectivity index (χ3v) is 0. The summed E-state index contributed by atoms with van der Waals surface area (Å²) >= 11 is 0. The molecule has 0 aliphatic carbocycles. The van der Waals surface area contributed by atoms with Gasteiger partial charge in [-0.15, -0.1) is 0 Å². The SMILES string of the molecule is [Cl][Ir-3]([Cl])([Cl])([Cl])([Cl])[Cl].[K+].[K+].[K+]. The molecule has 0 saturated carbocycles. The first kappa shape index (κ1) is 26.0. The molecule has 54 valence electrons. The third kappa shape index (κ3) is 58.7. The van der Waals surface area contributed by atoms with Gasteiger partial charge in [0.2, 0.25) is 0 Å². The fraction of sp³-hybridized carbons (Fsp3) is 0. The van der Waals surface area contributed by atoms with Gasteiger partial charge in [0.05, 0.1) is 0 Å². The van der Waals surface area contributed by atoms with Crippen LogP contribution in [-0.2, 0) is 6.81 Å². The molecule has 0 nitrogen and oxygen atoms in total. The number of hydrogen-bond donors (Lipinski definition) is 0. The van der Waals surface area contributed by atoms with E-state index in [0.29, 0.717) is 0 Å². The first-order valence-electron chi connectivity index (χ1n) is 0.756. The zero-order valence-corrected chi connectivity index (χ0v) is 21.9. The first-order chi connectivity index (χ1) is 2.45. The van der Waals surface area contributed by atoms with Crippen molar-refractivity contribution in [2.75, 3.05) is 0 Å². The van der Waals surface area contributed by atoms with Crippen molar-refractivity contribution in [3.05, 3.63) is 0 Å². The zero-order chi connectivity index (χ0) is 6.41. The van der Waals surface area contributed by atoms with Gasteiger partial charge in [-0.2, -0.15) is 0 Å². The van der Waals surface area contributed by atoms with Crippen LogP contribution in [0.15, 0.2) is 0 Å². The predicted octanol–water partition coefficient (Wildman–Crippen LogP) is -4.85. The molecular weight excluding hydrogens is 522 g/mol. The Labute approximate surface area is 210 Å². The van der Waals surface area contributed by atoms with Crippen LogP contribution in [0.25, 0.3) is 0 Å². The van der Waals surface area contributed by atoms with Crippen molar-refractivity contribution in [2.45, 2.75) is 0 Å². The molecule has 0 N–H and O–H groups in total. The van der Waals surface area contributed by atoms with E-state index in [1.807, 2.05) is 0 Å². The summed E-state index contributed by atoms with van der Waals surface area (Å²) in [5.41, 5.74) is 0. The summed E-state index contributed by atoms with van der Waals surface area (Å²) in [6.45, 7) is -5.33. The van der Waals surface area contributed by atoms with Crippen molar-refractivity contribution >= 4 is 57.5 Å². The van der Waals surface area contributed by atoms with Crippen molar-refractivity contribution in [1.29, 1.82) is 0 Å². The summed E-state index contributed by atoms with van der Waals surface area (Å²) in [5.74, 6) is 0. The number of rotatable bonds is 0. The van der Waals surface area contributed by atoms with Crippen LogP contribution in [0, 0.1) is 0 Å². The van der Waals surface area contributed by atoms with E-state index >= 15 is 0 Å². The molecule has 0 bridgehead atoms. The van der Waals surface area contributed by atoms with Crippen molar-refractivity contribution < 1.29 is 161 Å². The second-order valence-corrected chi connectivity index (χ2v) is 52.6. The minimum absolute atomic E-state index is 0. The number of hydrogen-bond acceptors (Lipinski definition) is 0. The van der Waals surface area contributed by atoms with E-state index in [0.717, 1.165) is 0 Å². The molecule has 10 heavy (non-hydrogen) atoms. The van der Waals surface area contributed by atoms with E-state index in [1.54, 1.807) is 0 Å². The molecule has 0 aromatic heterocycles. The van der Waals surface area contributed by atoms with Crippen LogP contribution in [0.5, 0.6) is 0 Å². The Hall–Kier alpha value is 7.30. The first-order valence-corrected chi connectivity index (χ1v) is 18.6. The smallest absolute Gasteiger partial charge is 1.00 e. The van der Waals surface area contributed by atoms with Crippen LogP contribution >= 0.6 is 57.5 Å². The summed E-state index contributed by atoms with van der Waals surface area (Å²) < 4.78 is 0. The number of halogens is 6. The van der Waals surface area contributed by atoms with Crippen molar-refractivity contribution in [3.63, 3.8) is 0 Å². The van der Waals surface area contributed by atoms with Gasteiger partial charge in [0.15, 0.2) is 0 Å². The maximum absolute atomic E-state index is 5.33. The molecule has 0 aliphatic heterocycles. The molecule has 0 aromatic carbocycles. The maximum atomic E-state index is 5.06. The molecule has 10 heteroatoms. The van der Waals surface area contributed by atoms with E-state index < -0.39 is 6.81 Å². The molecule has 0 fully saturated rings. The maximum Gasteiger partial charge on any atom is 1.00 e. The summed E-state index contributed by atoms with van der Waals surface area (Å²) in [5, 5.41) is 0. The zero-order valence-electron chi connectivity index (χ0n) is 5.60. The third-order valence-electron chi connectivity index (χ3n) is 0. The molecule has 0 atom stereocenters. The summed E-state index contributed by atoms with van der Waals surface area (Å²) in [6.07, 6.45) is 0. The van der Waals surface area contributed by atoms with Gasteiger partial charge in [0.25, 0.3) is 0 Å². The largest absolute Gasteiger partial charge is 1.00 e. The van der Waals surface area contributed by atoms with Gasteiger partial charge >= 0.3 is 218 Å². The van der Waals surface area contributed by atoms with Crippen molar-refractivity contribution in [1.82, 2.24) is 0 Å². The fourth-order valence-electron chi connectivity index (χ4n) is 0. The van der Waals surface area contributed by atoms with E-state index in [1.165, 1.54) is 0 Å². The van der Waals surface area contributed by atoms with Gasteiger partial charge < -0.3 is 0 Å². The molecule has 0 radical (unpaired) electrons. The van der Waals surface area contributed by atoms with Crippen LogP contribution in [0.1, 0.15) is 0 Å². The van der Waals surface area contributed by atoms with Crippen molar-refractivity contribution in [2.24, 2.45) is 0 Å². The molecule has 0 unspecified atom stereocenters. The molecule has 0 rings (SSSR count). The fourth-order valence-corrected chi connectivity index (χ4v) is 0. The van der Waals surface area contributed by atoms with E-state index in [2.05, 4.69) is 0 Å². The monoisotopic (exact) mass is 520 g/mol. The summed E-state index contributed by atoms with van der Waals surface area (Å²) in [6, 6.07) is 0. The Kier molecular flexibility index (Phi) is 19.9. The molecule has 0 amide bonds. The van der Waals surface area contributed by atoms with E-state index in [9.17, 15) is 0 Å². The van der Waals surface area contributed by atoms with Crippen LogP contribution < -0.4 is 154 Å². The second-order valence-electron chi connectivity index (χ2n) is 0.714. The Morgan fingerprint density at radius 1 is 0.500 bits per heavy atom. The molecule has 0 saturated heterocycles. The standard InChI is InChI=1S/6ClH.Ir.3K/h6*1H;;;;/q;;;;;;+3;3*+1/p-6. The average Bonchev–Trinajstić information content (AvgIpc) is 0.592. The molecule has 0 aromatic rings. The molecular formula is Cl6IrK3. The second kappa shape index (κ2) is 7.67. The Balaban J connectivity index is -0.0000000600. The topological polar surface area (TPSA) is 0 Å². The van der Waals surface area contributed by atoms with Gasteiger partial charge in [-0.1, -0.05) is 0 Å². The Morgan fingerprint density at radius 2 is 0.500 bits per heavy atom. The van der Waals surface area contributed by atoms with Crippen LogP contribution in [0.4, 0.5) is 0 Å². The molecule has 0 aliphatic rings. The quantitative estimate of drug-likeness (QED) is 0.281. The van der Waals surface area contributed by atoms with E-state index in [4.69, 9.17) is 57.5 Å². The molecule has 0 heterocycles. The van der Waals surface area contributed by atoms with Crippen LogP contribution in [0.2, 0.25) is 0 Å². The summed E-state index contributed by atoms with van der Waals surface area (Å²) in [4.78, 5) is 0. The van der Waals surface area contributed by atoms with E-state index in [-0.39, 0.29) is 154 Å². The van der Waals surface area contributed by atoms with Gasteiger partial charge in [-0.25, -0.2) is 0 Å². The van der Waals surface area contributed by atoms with Gasteiger partial charge in [0, 0.05) is 0 Å². The van der Waals surface area contributed by atoms with Crippen molar-refractivity contribution in [3.8, 4) is 0 Å². The van der Waals surface area contributed by atoms with Gasteiger partial charge in [0.1, 0.15) is 0 Å². The molecule has 0 spiro atoms. The van der Waals surface area contributed by atoms with Gasteiger partial charge in [-0.3, -0.25) is 0 Å². The van der Waals surface area contributed by atoms with Gasteiger partial charge in [-0.05, 0) is 0 Å². The van der Waals surface area contributed by atoms with Crippen LogP contribution in [-0.4, -0.2) is 0 Å². The van der Waals surface area contributed by atoms with Crippen LogP contribution in [0.3, 0.4) is 0 Å². The predicted molar refractivity (Wildman–Crippen MR) is 35.1 cm³/mol. The minimum Gasteiger partial charge on any atom is 1.00 e. The Bertz CT molecular complexity index is 71.6.